The zero-order valence-electron chi connectivity index (χ0n) is 10.8. The molecule has 0 aliphatic heterocycles. The number of hydrogen-bond donors (Lipinski definition) is 0. The van der Waals surface area contributed by atoms with Gasteiger partial charge in [-0.05, 0) is 19.0 Å². The van der Waals surface area contributed by atoms with Crippen molar-refractivity contribution < 1.29 is 14.0 Å². The van der Waals surface area contributed by atoms with Gasteiger partial charge in [0, 0.05) is 18.7 Å². The topological polar surface area (TPSA) is 35.5 Å². The SMILES string of the molecule is C=CC(=O)OCC[Si](CC)(CCC)OCC. The van der Waals surface area contributed by atoms with E-state index in [9.17, 15) is 4.79 Å². The third kappa shape index (κ3) is 5.46. The van der Waals surface area contributed by atoms with Gasteiger partial charge in [-0.15, -0.1) is 0 Å². The van der Waals surface area contributed by atoms with Crippen LogP contribution in [-0.2, 0) is 14.0 Å². The van der Waals surface area contributed by atoms with Crippen LogP contribution in [0.1, 0.15) is 27.2 Å². The van der Waals surface area contributed by atoms with Crippen molar-refractivity contribution in [3.8, 4) is 0 Å². The molecular formula is C12H24O3Si. The molecule has 0 aliphatic carbocycles. The van der Waals surface area contributed by atoms with Gasteiger partial charge in [0.2, 0.25) is 0 Å². The van der Waals surface area contributed by atoms with E-state index < -0.39 is 8.32 Å². The van der Waals surface area contributed by atoms with Gasteiger partial charge >= 0.3 is 5.97 Å². The van der Waals surface area contributed by atoms with Gasteiger partial charge in [0.25, 0.3) is 0 Å². The van der Waals surface area contributed by atoms with E-state index in [1.807, 2.05) is 6.92 Å². The highest BCUT2D eigenvalue weighted by atomic mass is 28.4. The Kier molecular flexibility index (Phi) is 8.20. The summed E-state index contributed by atoms with van der Waals surface area (Å²) < 4.78 is 11.0. The van der Waals surface area contributed by atoms with Crippen molar-refractivity contribution in [1.29, 1.82) is 0 Å². The number of esters is 1. The number of hydrogen-bond acceptors (Lipinski definition) is 3. The molecule has 0 amide bonds. The highest BCUT2D eigenvalue weighted by Crippen LogP contribution is 2.24. The first-order chi connectivity index (χ1) is 7.64. The number of rotatable bonds is 9. The van der Waals surface area contributed by atoms with E-state index in [4.69, 9.17) is 9.16 Å². The minimum atomic E-state index is -1.66. The van der Waals surface area contributed by atoms with Crippen molar-refractivity contribution in [2.45, 2.75) is 45.3 Å². The van der Waals surface area contributed by atoms with Crippen LogP contribution in [0.4, 0.5) is 0 Å². The predicted molar refractivity (Wildman–Crippen MR) is 68.9 cm³/mol. The van der Waals surface area contributed by atoms with Gasteiger partial charge in [-0.25, -0.2) is 4.79 Å². The summed E-state index contributed by atoms with van der Waals surface area (Å²) in [7, 11) is -1.66. The molecule has 0 saturated heterocycles. The first kappa shape index (κ1) is 15.4. The van der Waals surface area contributed by atoms with Crippen molar-refractivity contribution in [1.82, 2.24) is 0 Å². The molecule has 0 heterocycles. The van der Waals surface area contributed by atoms with E-state index in [0.717, 1.165) is 31.2 Å². The predicted octanol–water partition coefficient (Wildman–Crippen LogP) is 3.13. The third-order valence-corrected chi connectivity index (χ3v) is 7.49. The van der Waals surface area contributed by atoms with E-state index >= 15 is 0 Å². The molecule has 0 aromatic heterocycles. The van der Waals surface area contributed by atoms with Crippen molar-refractivity contribution in [3.63, 3.8) is 0 Å². The summed E-state index contributed by atoms with van der Waals surface area (Å²) in [6.07, 6.45) is 2.34. The minimum absolute atomic E-state index is 0.341. The lowest BCUT2D eigenvalue weighted by Gasteiger charge is -2.29. The van der Waals surface area contributed by atoms with Crippen LogP contribution < -0.4 is 0 Å². The Bertz CT molecular complexity index is 210. The molecule has 1 atom stereocenters. The van der Waals surface area contributed by atoms with E-state index in [0.29, 0.717) is 6.61 Å². The molecule has 3 nitrogen and oxygen atoms in total. The first-order valence-electron chi connectivity index (χ1n) is 6.07. The molecule has 4 heteroatoms. The Hall–Kier alpha value is -0.613. The molecule has 0 fully saturated rings. The van der Waals surface area contributed by atoms with Crippen molar-refractivity contribution in [3.05, 3.63) is 12.7 Å². The molecule has 0 aromatic carbocycles. The first-order valence-corrected chi connectivity index (χ1v) is 8.60. The summed E-state index contributed by atoms with van der Waals surface area (Å²) in [6.45, 7) is 11.0. The zero-order chi connectivity index (χ0) is 12.4. The Morgan fingerprint density at radius 1 is 1.31 bits per heavy atom. The van der Waals surface area contributed by atoms with Gasteiger partial charge in [-0.2, -0.15) is 0 Å². The van der Waals surface area contributed by atoms with Crippen LogP contribution in [0.2, 0.25) is 18.1 Å². The minimum Gasteiger partial charge on any atom is -0.463 e. The fraction of sp³-hybridized carbons (Fsp3) is 0.750. The third-order valence-electron chi connectivity index (χ3n) is 2.77. The number of carbonyl (C=O) groups excluding carboxylic acids is 1. The van der Waals surface area contributed by atoms with Crippen LogP contribution in [0.15, 0.2) is 12.7 Å². The Morgan fingerprint density at radius 2 is 2.00 bits per heavy atom. The lowest BCUT2D eigenvalue weighted by atomic mass is 10.6. The van der Waals surface area contributed by atoms with Gasteiger partial charge in [0.05, 0.1) is 6.61 Å². The molecule has 0 spiro atoms. The molecule has 16 heavy (non-hydrogen) atoms. The highest BCUT2D eigenvalue weighted by Gasteiger charge is 2.31. The average Bonchev–Trinajstić information content (AvgIpc) is 2.29. The maximum Gasteiger partial charge on any atom is 0.330 e. The normalized spacial score (nSPS) is 14.2. The standard InChI is InChI=1S/C12H24O3Si/c1-5-10-16(8-4,15-7-3)11-9-14-12(13)6-2/h6H,2,5,7-11H2,1,3-4H3. The molecule has 0 radical (unpaired) electrons. The smallest absolute Gasteiger partial charge is 0.330 e. The van der Waals surface area contributed by atoms with Crippen molar-refractivity contribution >= 4 is 14.3 Å². The Labute approximate surface area is 100.0 Å². The summed E-state index contributed by atoms with van der Waals surface area (Å²) >= 11 is 0. The summed E-state index contributed by atoms with van der Waals surface area (Å²) in [6, 6.07) is 3.12. The van der Waals surface area contributed by atoms with Gasteiger partial charge in [-0.3, -0.25) is 0 Å². The zero-order valence-corrected chi connectivity index (χ0v) is 11.8. The molecule has 0 aromatic rings. The van der Waals surface area contributed by atoms with Crippen LogP contribution in [0.25, 0.3) is 0 Å². The van der Waals surface area contributed by atoms with Crippen LogP contribution in [0.5, 0.6) is 0 Å². The highest BCUT2D eigenvalue weighted by molar-refractivity contribution is 6.73. The largest absolute Gasteiger partial charge is 0.463 e. The summed E-state index contributed by atoms with van der Waals surface area (Å²) in [5, 5.41) is 0. The monoisotopic (exact) mass is 244 g/mol. The second-order valence-corrected chi connectivity index (χ2v) is 8.20. The molecule has 0 rings (SSSR count). The Morgan fingerprint density at radius 3 is 2.44 bits per heavy atom. The molecular weight excluding hydrogens is 220 g/mol. The van der Waals surface area contributed by atoms with Gasteiger partial charge in [0.15, 0.2) is 8.32 Å². The fourth-order valence-electron chi connectivity index (χ4n) is 1.88. The number of carbonyl (C=O) groups is 1. The van der Waals surface area contributed by atoms with Gasteiger partial charge in [0.1, 0.15) is 0 Å². The van der Waals surface area contributed by atoms with Gasteiger partial charge in [-0.1, -0.05) is 26.8 Å². The second kappa shape index (κ2) is 8.53. The lowest BCUT2D eigenvalue weighted by Crippen LogP contribution is -2.38. The molecule has 0 saturated carbocycles. The number of ether oxygens (including phenoxy) is 1. The summed E-state index contributed by atoms with van der Waals surface area (Å²) in [5.74, 6) is -0.341. The van der Waals surface area contributed by atoms with Crippen LogP contribution in [-0.4, -0.2) is 27.5 Å². The van der Waals surface area contributed by atoms with E-state index in [1.54, 1.807) is 0 Å². The molecule has 0 bridgehead atoms. The average molecular weight is 244 g/mol. The quantitative estimate of drug-likeness (QED) is 0.355. The fourth-order valence-corrected chi connectivity index (χ4v) is 5.33. The summed E-state index contributed by atoms with van der Waals surface area (Å²) in [5.41, 5.74) is 0. The van der Waals surface area contributed by atoms with E-state index in [2.05, 4.69) is 20.4 Å². The van der Waals surface area contributed by atoms with E-state index in [1.165, 1.54) is 6.08 Å². The lowest BCUT2D eigenvalue weighted by molar-refractivity contribution is -0.137. The molecule has 1 unspecified atom stereocenters. The van der Waals surface area contributed by atoms with E-state index in [-0.39, 0.29) is 5.97 Å². The van der Waals surface area contributed by atoms with Gasteiger partial charge < -0.3 is 9.16 Å². The Balaban J connectivity index is 4.18. The molecule has 0 aliphatic rings. The van der Waals surface area contributed by atoms with Crippen molar-refractivity contribution in [2.24, 2.45) is 0 Å². The van der Waals surface area contributed by atoms with Crippen LogP contribution in [0, 0.1) is 0 Å². The van der Waals surface area contributed by atoms with Crippen LogP contribution in [0.3, 0.4) is 0 Å². The molecule has 0 N–H and O–H groups in total. The van der Waals surface area contributed by atoms with Crippen molar-refractivity contribution in [2.75, 3.05) is 13.2 Å². The summed E-state index contributed by atoms with van der Waals surface area (Å²) in [4.78, 5) is 10.9. The van der Waals surface area contributed by atoms with Crippen LogP contribution >= 0.6 is 0 Å². The maximum atomic E-state index is 10.9. The molecule has 94 valence electrons. The maximum absolute atomic E-state index is 10.9. The second-order valence-electron chi connectivity index (χ2n) is 3.84.